The fraction of sp³-hybridized carbons (Fsp3) is 0.0345. The summed E-state index contributed by atoms with van der Waals surface area (Å²) in [6.07, 6.45) is 0. The number of hydrogen-bond donors (Lipinski definition) is 0. The van der Waals surface area contributed by atoms with E-state index in [1.165, 1.54) is 37.9 Å². The first-order valence-electron chi connectivity index (χ1n) is 10.6. The molecule has 7 rings (SSSR count). The van der Waals surface area contributed by atoms with E-state index in [1.807, 2.05) is 0 Å². The van der Waals surface area contributed by atoms with Gasteiger partial charge in [-0.2, -0.15) is 0 Å². The second kappa shape index (κ2) is 5.99. The Morgan fingerprint density at radius 3 is 1.61 bits per heavy atom. The van der Waals surface area contributed by atoms with Crippen LogP contribution in [0, 0.1) is 6.92 Å². The number of benzene rings is 6. The highest BCUT2D eigenvalue weighted by atomic mass is 14.8. The van der Waals surface area contributed by atoms with Crippen molar-refractivity contribution < 1.29 is 0 Å². The molecule has 2 nitrogen and oxygen atoms in total. The Morgan fingerprint density at radius 1 is 0.452 bits per heavy atom. The highest BCUT2D eigenvalue weighted by molar-refractivity contribution is 6.14. The summed E-state index contributed by atoms with van der Waals surface area (Å²) < 4.78 is 0. The zero-order chi connectivity index (χ0) is 20.5. The van der Waals surface area contributed by atoms with Crippen LogP contribution in [0.3, 0.4) is 0 Å². The Kier molecular flexibility index (Phi) is 3.23. The van der Waals surface area contributed by atoms with Crippen molar-refractivity contribution in [1.82, 2.24) is 9.97 Å². The van der Waals surface area contributed by atoms with Crippen molar-refractivity contribution in [1.29, 1.82) is 0 Å². The van der Waals surface area contributed by atoms with Gasteiger partial charge in [-0.05, 0) is 75.6 Å². The molecule has 0 fully saturated rings. The molecular weight excluding hydrogens is 376 g/mol. The molecule has 144 valence electrons. The second-order valence-electron chi connectivity index (χ2n) is 8.43. The Hall–Kier alpha value is -4.04. The highest BCUT2D eigenvalue weighted by Gasteiger charge is 2.10. The van der Waals surface area contributed by atoms with Crippen molar-refractivity contribution in [2.24, 2.45) is 0 Å². The predicted octanol–water partition coefficient (Wildman–Crippen LogP) is 7.70. The molecule has 0 atom stereocenters. The number of aromatic nitrogens is 2. The number of nitrogens with zero attached hydrogens (tertiary/aromatic N) is 2. The summed E-state index contributed by atoms with van der Waals surface area (Å²) in [6, 6.07) is 32.6. The van der Waals surface area contributed by atoms with Crippen LogP contribution in [-0.2, 0) is 0 Å². The van der Waals surface area contributed by atoms with Gasteiger partial charge in [0, 0.05) is 10.8 Å². The number of aryl methyl sites for hydroxylation is 1. The van der Waals surface area contributed by atoms with E-state index >= 15 is 0 Å². The predicted molar refractivity (Wildman–Crippen MR) is 132 cm³/mol. The molecule has 0 saturated heterocycles. The minimum absolute atomic E-state index is 0.937. The summed E-state index contributed by atoms with van der Waals surface area (Å²) in [7, 11) is 0. The van der Waals surface area contributed by atoms with Crippen LogP contribution in [0.2, 0.25) is 0 Å². The zero-order valence-corrected chi connectivity index (χ0v) is 17.1. The minimum Gasteiger partial charge on any atom is -0.244 e. The van der Waals surface area contributed by atoms with Crippen molar-refractivity contribution in [2.45, 2.75) is 6.92 Å². The first kappa shape index (κ1) is 16.7. The molecule has 0 N–H and O–H groups in total. The summed E-state index contributed by atoms with van der Waals surface area (Å²) in [5.41, 5.74) is 5.07. The van der Waals surface area contributed by atoms with Gasteiger partial charge in [0.1, 0.15) is 0 Å². The van der Waals surface area contributed by atoms with Gasteiger partial charge in [0.25, 0.3) is 0 Å². The maximum absolute atomic E-state index is 5.10. The lowest BCUT2D eigenvalue weighted by atomic mass is 10.00. The Bertz CT molecular complexity index is 1850. The van der Waals surface area contributed by atoms with Gasteiger partial charge >= 0.3 is 0 Å². The third kappa shape index (κ3) is 2.45. The molecule has 31 heavy (non-hydrogen) atoms. The summed E-state index contributed by atoms with van der Waals surface area (Å²) in [6.45, 7) is 2.13. The monoisotopic (exact) mass is 394 g/mol. The molecule has 0 aliphatic rings. The fourth-order valence-corrected chi connectivity index (χ4v) is 4.81. The van der Waals surface area contributed by atoms with E-state index in [2.05, 4.69) is 97.9 Å². The van der Waals surface area contributed by atoms with Crippen LogP contribution in [0.25, 0.3) is 65.2 Å². The molecular formula is C29H18N2. The molecule has 0 spiro atoms. The lowest BCUT2D eigenvalue weighted by Gasteiger charge is -2.09. The third-order valence-corrected chi connectivity index (χ3v) is 6.38. The molecule has 6 aromatic carbocycles. The SMILES string of the molecule is Cc1ccc2cc3ccc4nc5c(ccc6cc7ccccc7cc65)nc4c3cc2c1. The van der Waals surface area contributed by atoms with Crippen molar-refractivity contribution >= 4 is 65.2 Å². The molecule has 0 radical (unpaired) electrons. The van der Waals surface area contributed by atoms with Gasteiger partial charge in [0.15, 0.2) is 0 Å². The van der Waals surface area contributed by atoms with Gasteiger partial charge in [-0.1, -0.05) is 60.2 Å². The van der Waals surface area contributed by atoms with E-state index in [-0.39, 0.29) is 0 Å². The number of rotatable bonds is 0. The molecule has 7 aromatic rings. The molecule has 2 heteroatoms. The lowest BCUT2D eigenvalue weighted by molar-refractivity contribution is 1.42. The van der Waals surface area contributed by atoms with Crippen LogP contribution >= 0.6 is 0 Å². The van der Waals surface area contributed by atoms with Crippen LogP contribution < -0.4 is 0 Å². The molecule has 0 bridgehead atoms. The number of fused-ring (bicyclic) bond motifs is 8. The standard InChI is InChI=1S/C29H18N2/c1-17-6-7-20-14-22-9-11-27-29(25(22)16-23(20)12-17)31-26-10-8-21-13-18-4-2-3-5-19(18)15-24(21)28(26)30-27/h2-16H,1H3. The van der Waals surface area contributed by atoms with Crippen molar-refractivity contribution in [3.8, 4) is 0 Å². The van der Waals surface area contributed by atoms with Gasteiger partial charge in [0.05, 0.1) is 22.1 Å². The first-order valence-corrected chi connectivity index (χ1v) is 10.6. The zero-order valence-electron chi connectivity index (χ0n) is 17.1. The fourth-order valence-electron chi connectivity index (χ4n) is 4.81. The molecule has 0 aliphatic heterocycles. The van der Waals surface area contributed by atoms with Gasteiger partial charge < -0.3 is 0 Å². The van der Waals surface area contributed by atoms with Crippen LogP contribution in [0.4, 0.5) is 0 Å². The molecule has 0 aliphatic carbocycles. The molecule has 1 aromatic heterocycles. The van der Waals surface area contributed by atoms with E-state index < -0.39 is 0 Å². The normalized spacial score (nSPS) is 12.0. The highest BCUT2D eigenvalue weighted by Crippen LogP contribution is 2.32. The molecule has 0 saturated carbocycles. The van der Waals surface area contributed by atoms with Gasteiger partial charge in [0.2, 0.25) is 0 Å². The summed E-state index contributed by atoms with van der Waals surface area (Å²) in [4.78, 5) is 10.2. The number of hydrogen-bond acceptors (Lipinski definition) is 2. The van der Waals surface area contributed by atoms with Gasteiger partial charge in [-0.15, -0.1) is 0 Å². The van der Waals surface area contributed by atoms with Crippen LogP contribution in [0.1, 0.15) is 5.56 Å². The summed E-state index contributed by atoms with van der Waals surface area (Å²) in [5, 5.41) is 9.67. The molecule has 0 unspecified atom stereocenters. The quantitative estimate of drug-likeness (QED) is 0.194. The average Bonchev–Trinajstić information content (AvgIpc) is 2.80. The van der Waals surface area contributed by atoms with E-state index in [0.29, 0.717) is 0 Å². The van der Waals surface area contributed by atoms with E-state index in [1.54, 1.807) is 0 Å². The average molecular weight is 394 g/mol. The van der Waals surface area contributed by atoms with Crippen LogP contribution in [0.5, 0.6) is 0 Å². The summed E-state index contributed by atoms with van der Waals surface area (Å²) >= 11 is 0. The Morgan fingerprint density at radius 2 is 0.968 bits per heavy atom. The van der Waals surface area contributed by atoms with Gasteiger partial charge in [-0.25, -0.2) is 9.97 Å². The molecule has 1 heterocycles. The molecule has 0 amide bonds. The summed E-state index contributed by atoms with van der Waals surface area (Å²) in [5.74, 6) is 0. The van der Waals surface area contributed by atoms with Crippen molar-refractivity contribution in [2.75, 3.05) is 0 Å². The Labute approximate surface area is 178 Å². The minimum atomic E-state index is 0.937. The third-order valence-electron chi connectivity index (χ3n) is 6.38. The second-order valence-corrected chi connectivity index (χ2v) is 8.43. The van der Waals surface area contributed by atoms with Crippen molar-refractivity contribution in [3.05, 3.63) is 96.6 Å². The lowest BCUT2D eigenvalue weighted by Crippen LogP contribution is -1.91. The topological polar surface area (TPSA) is 25.8 Å². The maximum atomic E-state index is 5.10. The van der Waals surface area contributed by atoms with E-state index in [9.17, 15) is 0 Å². The smallest absolute Gasteiger partial charge is 0.0973 e. The van der Waals surface area contributed by atoms with Crippen molar-refractivity contribution in [3.63, 3.8) is 0 Å². The van der Waals surface area contributed by atoms with E-state index in [0.717, 1.165) is 32.8 Å². The first-order chi connectivity index (χ1) is 15.2. The maximum Gasteiger partial charge on any atom is 0.0973 e. The van der Waals surface area contributed by atoms with Crippen LogP contribution in [-0.4, -0.2) is 9.97 Å². The Balaban J connectivity index is 1.60. The van der Waals surface area contributed by atoms with Gasteiger partial charge in [-0.3, -0.25) is 0 Å². The largest absolute Gasteiger partial charge is 0.244 e. The van der Waals surface area contributed by atoms with E-state index in [4.69, 9.17) is 9.97 Å². The van der Waals surface area contributed by atoms with Crippen LogP contribution in [0.15, 0.2) is 91.0 Å².